The largest absolute Gasteiger partial charge is 0.482 e. The van der Waals surface area contributed by atoms with Crippen LogP contribution < -0.4 is 10.1 Å². The van der Waals surface area contributed by atoms with Crippen LogP contribution in [0, 0.1) is 11.7 Å². The molecule has 7 heteroatoms. The number of aromatic nitrogens is 1. The predicted octanol–water partition coefficient (Wildman–Crippen LogP) is 4.91. The van der Waals surface area contributed by atoms with Crippen molar-refractivity contribution in [3.05, 3.63) is 57.0 Å². The molecule has 2 unspecified atom stereocenters. The Morgan fingerprint density at radius 3 is 2.52 bits per heavy atom. The Hall–Kier alpha value is -1.07. The molecule has 23 heavy (non-hydrogen) atoms. The minimum absolute atomic E-state index is 0.140. The number of ether oxygens (including phenoxy) is 1. The summed E-state index contributed by atoms with van der Waals surface area (Å²) in [6.07, 6.45) is 3.89. The standard InChI is InChI=1S/C16H14Cl3FN2O/c17-11-3-10(7-22-8-11)15(9-1-2-21-6-9)23-16-13(18)4-12(20)5-14(16)19/h3-5,7-9,15,21H,1-2,6H2. The lowest BCUT2D eigenvalue weighted by atomic mass is 9.96. The van der Waals surface area contributed by atoms with Crippen molar-refractivity contribution in [3.63, 3.8) is 0 Å². The monoisotopic (exact) mass is 374 g/mol. The number of nitrogens with zero attached hydrogens (tertiary/aromatic N) is 1. The van der Waals surface area contributed by atoms with Gasteiger partial charge in [-0.25, -0.2) is 4.39 Å². The average Bonchev–Trinajstić information content (AvgIpc) is 3.00. The van der Waals surface area contributed by atoms with E-state index >= 15 is 0 Å². The Morgan fingerprint density at radius 1 is 1.17 bits per heavy atom. The molecule has 0 saturated carbocycles. The van der Waals surface area contributed by atoms with Gasteiger partial charge in [-0.05, 0) is 31.2 Å². The molecular weight excluding hydrogens is 362 g/mol. The van der Waals surface area contributed by atoms with Crippen LogP contribution in [0.2, 0.25) is 15.1 Å². The normalized spacial score (nSPS) is 18.9. The van der Waals surface area contributed by atoms with Gasteiger partial charge in [0.25, 0.3) is 0 Å². The van der Waals surface area contributed by atoms with Crippen molar-refractivity contribution in [2.45, 2.75) is 12.5 Å². The Labute approximate surface area is 148 Å². The van der Waals surface area contributed by atoms with Crippen LogP contribution in [0.15, 0.2) is 30.6 Å². The van der Waals surface area contributed by atoms with E-state index in [1.165, 1.54) is 12.1 Å². The molecule has 1 aliphatic heterocycles. The molecule has 1 aliphatic rings. The molecule has 0 spiro atoms. The highest BCUT2D eigenvalue weighted by Gasteiger charge is 2.30. The number of nitrogens with one attached hydrogen (secondary N) is 1. The number of hydrogen-bond donors (Lipinski definition) is 1. The number of hydrogen-bond acceptors (Lipinski definition) is 3. The first-order valence-corrected chi connectivity index (χ1v) is 8.30. The SMILES string of the molecule is Fc1cc(Cl)c(OC(c2cncc(Cl)c2)C2CCNC2)c(Cl)c1. The fourth-order valence-corrected chi connectivity index (χ4v) is 3.46. The van der Waals surface area contributed by atoms with Crippen molar-refractivity contribution in [1.82, 2.24) is 10.3 Å². The average molecular weight is 376 g/mol. The Bertz CT molecular complexity index is 684. The van der Waals surface area contributed by atoms with E-state index in [1.54, 1.807) is 12.4 Å². The summed E-state index contributed by atoms with van der Waals surface area (Å²) in [4.78, 5) is 4.12. The molecule has 1 aromatic heterocycles. The summed E-state index contributed by atoms with van der Waals surface area (Å²) in [6, 6.07) is 4.18. The summed E-state index contributed by atoms with van der Waals surface area (Å²) in [5, 5.41) is 4.11. The third-order valence-electron chi connectivity index (χ3n) is 3.79. The van der Waals surface area contributed by atoms with Crippen molar-refractivity contribution in [1.29, 1.82) is 0 Å². The topological polar surface area (TPSA) is 34.1 Å². The highest BCUT2D eigenvalue weighted by molar-refractivity contribution is 6.37. The zero-order valence-corrected chi connectivity index (χ0v) is 14.3. The zero-order valence-electron chi connectivity index (χ0n) is 12.0. The second-order valence-electron chi connectivity index (χ2n) is 5.43. The fraction of sp³-hybridized carbons (Fsp3) is 0.312. The number of pyridine rings is 1. The van der Waals surface area contributed by atoms with Crippen LogP contribution in [-0.2, 0) is 0 Å². The molecule has 3 rings (SSSR count). The smallest absolute Gasteiger partial charge is 0.157 e. The molecular formula is C16H14Cl3FN2O. The van der Waals surface area contributed by atoms with Gasteiger partial charge in [-0.15, -0.1) is 0 Å². The van der Waals surface area contributed by atoms with Gasteiger partial charge in [0.05, 0.1) is 15.1 Å². The van der Waals surface area contributed by atoms with Gasteiger partial charge in [-0.2, -0.15) is 0 Å². The van der Waals surface area contributed by atoms with Crippen molar-refractivity contribution in [2.24, 2.45) is 5.92 Å². The van der Waals surface area contributed by atoms with Crippen LogP contribution >= 0.6 is 34.8 Å². The number of rotatable bonds is 4. The van der Waals surface area contributed by atoms with E-state index in [0.29, 0.717) is 5.02 Å². The minimum atomic E-state index is -0.504. The third kappa shape index (κ3) is 3.89. The van der Waals surface area contributed by atoms with Gasteiger partial charge in [0.15, 0.2) is 5.75 Å². The predicted molar refractivity (Wildman–Crippen MR) is 90.0 cm³/mol. The second kappa shape index (κ2) is 7.22. The van der Waals surface area contributed by atoms with E-state index in [4.69, 9.17) is 39.5 Å². The van der Waals surface area contributed by atoms with Crippen molar-refractivity contribution >= 4 is 34.8 Å². The Kier molecular flexibility index (Phi) is 5.27. The third-order valence-corrected chi connectivity index (χ3v) is 4.56. The molecule has 1 aromatic carbocycles. The first-order valence-electron chi connectivity index (χ1n) is 7.17. The van der Waals surface area contributed by atoms with Crippen LogP contribution in [-0.4, -0.2) is 18.1 Å². The molecule has 0 radical (unpaired) electrons. The maximum absolute atomic E-state index is 13.4. The number of benzene rings is 1. The summed E-state index contributed by atoms with van der Waals surface area (Å²) in [7, 11) is 0. The maximum Gasteiger partial charge on any atom is 0.157 e. The summed E-state index contributed by atoms with van der Waals surface area (Å²) in [5.41, 5.74) is 0.836. The second-order valence-corrected chi connectivity index (χ2v) is 6.68. The fourth-order valence-electron chi connectivity index (χ4n) is 2.72. The van der Waals surface area contributed by atoms with Crippen molar-refractivity contribution in [3.8, 4) is 5.75 Å². The van der Waals surface area contributed by atoms with Gasteiger partial charge in [-0.1, -0.05) is 34.8 Å². The van der Waals surface area contributed by atoms with Crippen molar-refractivity contribution < 1.29 is 9.13 Å². The highest BCUT2D eigenvalue weighted by Crippen LogP contribution is 2.40. The lowest BCUT2D eigenvalue weighted by molar-refractivity contribution is 0.144. The van der Waals surface area contributed by atoms with Gasteiger partial charge in [0.2, 0.25) is 0 Å². The van der Waals surface area contributed by atoms with E-state index in [0.717, 1.165) is 25.1 Å². The molecule has 1 saturated heterocycles. The van der Waals surface area contributed by atoms with Crippen molar-refractivity contribution in [2.75, 3.05) is 13.1 Å². The molecule has 0 aliphatic carbocycles. The molecule has 0 bridgehead atoms. The quantitative estimate of drug-likeness (QED) is 0.824. The van der Waals surface area contributed by atoms with Gasteiger partial charge in [0, 0.05) is 30.4 Å². The summed E-state index contributed by atoms with van der Waals surface area (Å²) >= 11 is 18.2. The van der Waals surface area contributed by atoms with E-state index < -0.39 is 5.82 Å². The summed E-state index contributed by atoms with van der Waals surface area (Å²) in [5.74, 6) is -0.0186. The summed E-state index contributed by atoms with van der Waals surface area (Å²) in [6.45, 7) is 1.71. The minimum Gasteiger partial charge on any atom is -0.482 e. The van der Waals surface area contributed by atoms with Gasteiger partial charge in [-0.3, -0.25) is 4.98 Å². The molecule has 2 aromatic rings. The van der Waals surface area contributed by atoms with Crippen LogP contribution in [0.4, 0.5) is 4.39 Å². The molecule has 3 nitrogen and oxygen atoms in total. The molecule has 122 valence electrons. The molecule has 1 fully saturated rings. The van der Waals surface area contributed by atoms with E-state index in [1.807, 2.05) is 6.07 Å². The van der Waals surface area contributed by atoms with Gasteiger partial charge >= 0.3 is 0 Å². The van der Waals surface area contributed by atoms with E-state index in [-0.39, 0.29) is 27.8 Å². The number of halogens is 4. The molecule has 0 amide bonds. The van der Waals surface area contributed by atoms with Crippen LogP contribution in [0.3, 0.4) is 0 Å². The lowest BCUT2D eigenvalue weighted by Gasteiger charge is -2.25. The zero-order chi connectivity index (χ0) is 16.4. The first-order chi connectivity index (χ1) is 11.0. The summed E-state index contributed by atoms with van der Waals surface area (Å²) < 4.78 is 19.4. The van der Waals surface area contributed by atoms with Crippen LogP contribution in [0.1, 0.15) is 18.1 Å². The highest BCUT2D eigenvalue weighted by atomic mass is 35.5. The van der Waals surface area contributed by atoms with E-state index in [2.05, 4.69) is 10.3 Å². The maximum atomic E-state index is 13.4. The lowest BCUT2D eigenvalue weighted by Crippen LogP contribution is -2.22. The van der Waals surface area contributed by atoms with Gasteiger partial charge in [0.1, 0.15) is 11.9 Å². The van der Waals surface area contributed by atoms with Gasteiger partial charge < -0.3 is 10.1 Å². The molecule has 1 N–H and O–H groups in total. The molecule has 2 heterocycles. The van der Waals surface area contributed by atoms with Crippen LogP contribution in [0.25, 0.3) is 0 Å². The first kappa shape index (κ1) is 16.8. The Morgan fingerprint density at radius 2 is 1.91 bits per heavy atom. The Balaban J connectivity index is 1.96. The molecule has 2 atom stereocenters. The van der Waals surface area contributed by atoms with E-state index in [9.17, 15) is 4.39 Å². The van der Waals surface area contributed by atoms with Crippen LogP contribution in [0.5, 0.6) is 5.75 Å².